The molecule has 1 aliphatic rings. The molecule has 1 heterocycles. The summed E-state index contributed by atoms with van der Waals surface area (Å²) in [5, 5.41) is 2.38. The van der Waals surface area contributed by atoms with Gasteiger partial charge in [0.05, 0.1) is 17.2 Å². The van der Waals surface area contributed by atoms with Crippen LogP contribution in [0.4, 0.5) is 14.5 Å². The minimum Gasteiger partial charge on any atom is -0.324 e. The summed E-state index contributed by atoms with van der Waals surface area (Å²) in [5.74, 6) is -1.75. The van der Waals surface area contributed by atoms with Crippen molar-refractivity contribution in [2.75, 3.05) is 16.8 Å². The Labute approximate surface area is 116 Å². The predicted octanol–water partition coefficient (Wildman–Crippen LogP) is 2.12. The first-order valence-corrected chi connectivity index (χ1v) is 8.13. The summed E-state index contributed by atoms with van der Waals surface area (Å²) in [6.07, 6.45) is 1.04. The Morgan fingerprint density at radius 3 is 2.50 bits per heavy atom. The van der Waals surface area contributed by atoms with Crippen molar-refractivity contribution in [3.8, 4) is 0 Å². The Hall–Kier alpha value is -1.50. The molecule has 20 heavy (non-hydrogen) atoms. The molecule has 0 atom stereocenters. The van der Waals surface area contributed by atoms with Crippen LogP contribution >= 0.6 is 0 Å². The third-order valence-electron chi connectivity index (χ3n) is 3.35. The molecule has 110 valence electrons. The monoisotopic (exact) mass is 303 g/mol. The zero-order valence-corrected chi connectivity index (χ0v) is 11.6. The van der Waals surface area contributed by atoms with Crippen molar-refractivity contribution in [1.29, 1.82) is 0 Å². The molecule has 0 unspecified atom stereocenters. The van der Waals surface area contributed by atoms with E-state index < -0.39 is 21.5 Å². The smallest absolute Gasteiger partial charge is 0.224 e. The number of nitrogens with one attached hydrogen (secondary N) is 1. The molecule has 1 amide bonds. The van der Waals surface area contributed by atoms with Crippen LogP contribution in [0.2, 0.25) is 0 Å². The van der Waals surface area contributed by atoms with Gasteiger partial charge in [-0.2, -0.15) is 0 Å². The highest BCUT2D eigenvalue weighted by Crippen LogP contribution is 2.23. The van der Waals surface area contributed by atoms with Crippen molar-refractivity contribution in [2.24, 2.45) is 5.92 Å². The summed E-state index contributed by atoms with van der Waals surface area (Å²) >= 11 is 0. The van der Waals surface area contributed by atoms with Crippen molar-refractivity contribution < 1.29 is 22.0 Å². The highest BCUT2D eigenvalue weighted by Gasteiger charge is 2.25. The van der Waals surface area contributed by atoms with Crippen LogP contribution in [0.15, 0.2) is 18.2 Å². The zero-order chi connectivity index (χ0) is 14.8. The first-order valence-electron chi connectivity index (χ1n) is 6.31. The van der Waals surface area contributed by atoms with Crippen molar-refractivity contribution in [2.45, 2.75) is 19.3 Å². The van der Waals surface area contributed by atoms with E-state index in [1.54, 1.807) is 0 Å². The molecule has 0 bridgehead atoms. The Bertz CT molecular complexity index is 602. The van der Waals surface area contributed by atoms with Gasteiger partial charge in [0, 0.05) is 12.5 Å². The van der Waals surface area contributed by atoms with Gasteiger partial charge in [-0.25, -0.2) is 17.2 Å². The lowest BCUT2D eigenvalue weighted by Gasteiger charge is -2.21. The minimum atomic E-state index is -2.96. The molecule has 7 heteroatoms. The van der Waals surface area contributed by atoms with Gasteiger partial charge in [0.2, 0.25) is 5.91 Å². The van der Waals surface area contributed by atoms with E-state index in [1.807, 2.05) is 0 Å². The second-order valence-corrected chi connectivity index (χ2v) is 7.28. The molecule has 0 aliphatic carbocycles. The van der Waals surface area contributed by atoms with Gasteiger partial charge in [-0.3, -0.25) is 4.79 Å². The van der Waals surface area contributed by atoms with Crippen LogP contribution in [0, 0.1) is 17.6 Å². The molecular weight excluding hydrogens is 288 g/mol. The van der Waals surface area contributed by atoms with E-state index >= 15 is 0 Å². The van der Waals surface area contributed by atoms with E-state index in [0.29, 0.717) is 18.9 Å². The lowest BCUT2D eigenvalue weighted by Crippen LogP contribution is -2.26. The third-order valence-corrected chi connectivity index (χ3v) is 5.07. The first-order chi connectivity index (χ1) is 9.35. The van der Waals surface area contributed by atoms with E-state index in [-0.39, 0.29) is 35.4 Å². The lowest BCUT2D eigenvalue weighted by molar-refractivity contribution is -0.117. The van der Waals surface area contributed by atoms with Gasteiger partial charge in [-0.05, 0) is 30.9 Å². The zero-order valence-electron chi connectivity index (χ0n) is 10.7. The summed E-state index contributed by atoms with van der Waals surface area (Å²) in [7, 11) is -2.96. The maximum Gasteiger partial charge on any atom is 0.224 e. The molecular formula is C13H15F2NO3S. The second kappa shape index (κ2) is 5.87. The van der Waals surface area contributed by atoms with E-state index in [4.69, 9.17) is 0 Å². The van der Waals surface area contributed by atoms with E-state index in [0.717, 1.165) is 12.1 Å². The Balaban J connectivity index is 1.90. The summed E-state index contributed by atoms with van der Waals surface area (Å²) in [6.45, 7) is 0. The summed E-state index contributed by atoms with van der Waals surface area (Å²) in [4.78, 5) is 11.8. The number of hydrogen-bond donors (Lipinski definition) is 1. The SMILES string of the molecule is O=C(CC1CCS(=O)(=O)CC1)Nc1ccc(F)cc1F. The van der Waals surface area contributed by atoms with Crippen molar-refractivity contribution in [3.63, 3.8) is 0 Å². The topological polar surface area (TPSA) is 63.2 Å². The van der Waals surface area contributed by atoms with E-state index in [1.165, 1.54) is 0 Å². The molecule has 1 N–H and O–H groups in total. The van der Waals surface area contributed by atoms with Gasteiger partial charge in [-0.1, -0.05) is 0 Å². The maximum atomic E-state index is 13.4. The average molecular weight is 303 g/mol. The molecule has 1 aromatic carbocycles. The number of carbonyl (C=O) groups excluding carboxylic acids is 1. The van der Waals surface area contributed by atoms with Crippen LogP contribution in [0.25, 0.3) is 0 Å². The standard InChI is InChI=1S/C13H15F2NO3S/c14-10-1-2-12(11(15)8-10)16-13(17)7-9-3-5-20(18,19)6-4-9/h1-2,8-9H,3-7H2,(H,16,17). The number of anilines is 1. The number of halogens is 2. The van der Waals surface area contributed by atoms with Gasteiger partial charge in [0.1, 0.15) is 21.5 Å². The molecule has 4 nitrogen and oxygen atoms in total. The van der Waals surface area contributed by atoms with Crippen molar-refractivity contribution in [3.05, 3.63) is 29.8 Å². The average Bonchev–Trinajstić information content (AvgIpc) is 2.35. The number of carbonyl (C=O) groups is 1. The molecule has 1 aliphatic heterocycles. The molecule has 1 aromatic rings. The number of rotatable bonds is 3. The quantitative estimate of drug-likeness (QED) is 0.930. The first kappa shape index (κ1) is 14.9. The largest absolute Gasteiger partial charge is 0.324 e. The van der Waals surface area contributed by atoms with Crippen molar-refractivity contribution >= 4 is 21.4 Å². The number of benzene rings is 1. The molecule has 0 saturated carbocycles. The van der Waals surface area contributed by atoms with Gasteiger partial charge in [0.25, 0.3) is 0 Å². The van der Waals surface area contributed by atoms with Gasteiger partial charge >= 0.3 is 0 Å². The Morgan fingerprint density at radius 2 is 1.90 bits per heavy atom. The number of amides is 1. The maximum absolute atomic E-state index is 13.4. The van der Waals surface area contributed by atoms with Crippen LogP contribution in [0.3, 0.4) is 0 Å². The molecule has 1 saturated heterocycles. The highest BCUT2D eigenvalue weighted by atomic mass is 32.2. The highest BCUT2D eigenvalue weighted by molar-refractivity contribution is 7.91. The number of sulfone groups is 1. The summed E-state index contributed by atoms with van der Waals surface area (Å²) in [6, 6.07) is 2.92. The number of hydrogen-bond acceptors (Lipinski definition) is 3. The molecule has 2 rings (SSSR count). The third kappa shape index (κ3) is 4.00. The lowest BCUT2D eigenvalue weighted by atomic mass is 9.98. The fourth-order valence-corrected chi connectivity index (χ4v) is 3.79. The predicted molar refractivity (Wildman–Crippen MR) is 71.0 cm³/mol. The fraction of sp³-hybridized carbons (Fsp3) is 0.462. The van der Waals surface area contributed by atoms with Crippen LogP contribution in [-0.2, 0) is 14.6 Å². The normalized spacial score (nSPS) is 18.7. The Kier molecular flexibility index (Phi) is 4.37. The minimum absolute atomic E-state index is 0.0120. The van der Waals surface area contributed by atoms with Crippen LogP contribution in [-0.4, -0.2) is 25.8 Å². The fourth-order valence-electron chi connectivity index (χ4n) is 2.20. The van der Waals surface area contributed by atoms with Gasteiger partial charge < -0.3 is 5.32 Å². The van der Waals surface area contributed by atoms with Crippen LogP contribution in [0.5, 0.6) is 0 Å². The van der Waals surface area contributed by atoms with Gasteiger partial charge in [-0.15, -0.1) is 0 Å². The molecule has 1 fully saturated rings. The summed E-state index contributed by atoms with van der Waals surface area (Å²) < 4.78 is 48.6. The van der Waals surface area contributed by atoms with Gasteiger partial charge in [0.15, 0.2) is 0 Å². The van der Waals surface area contributed by atoms with E-state index in [9.17, 15) is 22.0 Å². The second-order valence-electron chi connectivity index (χ2n) is 4.97. The van der Waals surface area contributed by atoms with E-state index in [2.05, 4.69) is 5.32 Å². The molecule has 0 aromatic heterocycles. The van der Waals surface area contributed by atoms with Crippen molar-refractivity contribution in [1.82, 2.24) is 0 Å². The Morgan fingerprint density at radius 1 is 1.25 bits per heavy atom. The van der Waals surface area contributed by atoms with Crippen LogP contribution in [0.1, 0.15) is 19.3 Å². The molecule has 0 spiro atoms. The summed E-state index contributed by atoms with van der Waals surface area (Å²) in [5.41, 5.74) is -0.0696. The van der Waals surface area contributed by atoms with Crippen LogP contribution < -0.4 is 5.32 Å². The molecule has 0 radical (unpaired) electrons.